The van der Waals surface area contributed by atoms with Crippen molar-refractivity contribution in [3.63, 3.8) is 0 Å². The summed E-state index contributed by atoms with van der Waals surface area (Å²) in [7, 11) is 0. The summed E-state index contributed by atoms with van der Waals surface area (Å²) in [6, 6.07) is 31.7. The molecule has 0 spiro atoms. The number of carbonyl (C=O) groups is 4. The lowest BCUT2D eigenvalue weighted by Crippen LogP contribution is -2.43. The van der Waals surface area contributed by atoms with E-state index in [-0.39, 0.29) is 62.4 Å². The van der Waals surface area contributed by atoms with Crippen LogP contribution < -0.4 is 10.6 Å². The zero-order valence-corrected chi connectivity index (χ0v) is 27.5. The van der Waals surface area contributed by atoms with Crippen LogP contribution in [0.4, 0.5) is 11.4 Å². The number of β-amino-alcohol motifs (C(OH)–C–C–N with tert-alkyl or cyclic N) is 2. The Balaban J connectivity index is 1.00. The molecule has 10 nitrogen and oxygen atoms in total. The van der Waals surface area contributed by atoms with Gasteiger partial charge in [-0.2, -0.15) is 0 Å². The van der Waals surface area contributed by atoms with Gasteiger partial charge in [-0.05, 0) is 46.5 Å². The molecule has 0 aromatic heterocycles. The fraction of sp³-hybridized carbons (Fsp3) is 0.250. The molecule has 4 amide bonds. The van der Waals surface area contributed by atoms with Crippen LogP contribution in [0.3, 0.4) is 0 Å². The third kappa shape index (κ3) is 8.71. The van der Waals surface area contributed by atoms with Gasteiger partial charge in [0.25, 0.3) is 0 Å². The van der Waals surface area contributed by atoms with Gasteiger partial charge in [0.15, 0.2) is 0 Å². The fourth-order valence-corrected chi connectivity index (χ4v) is 6.42. The SMILES string of the molecule is O=C(Nc1ccc(C=Cc2ccc(NC(=O)[C@@H]3C[C@@H](O)CN3C(=O)Cc3ccccc3)cc2)cc1)[C@@H]1C[C@@H](O)CN1C(=O)Cc1ccccc1. The summed E-state index contributed by atoms with van der Waals surface area (Å²) in [5, 5.41) is 26.2. The van der Waals surface area contributed by atoms with Crippen LogP contribution in [0.1, 0.15) is 35.1 Å². The number of amides is 4. The number of aliphatic hydroxyl groups excluding tert-OH is 2. The normalized spacial score (nSPS) is 20.2. The molecule has 2 fully saturated rings. The maximum atomic E-state index is 13.1. The van der Waals surface area contributed by atoms with Crippen molar-refractivity contribution in [3.8, 4) is 0 Å². The molecule has 0 radical (unpaired) electrons. The Morgan fingerprint density at radius 3 is 1.28 bits per heavy atom. The van der Waals surface area contributed by atoms with Crippen molar-refractivity contribution < 1.29 is 29.4 Å². The maximum Gasteiger partial charge on any atom is 0.247 e. The second-order valence-electron chi connectivity index (χ2n) is 12.8. The van der Waals surface area contributed by atoms with E-state index in [0.29, 0.717) is 11.4 Å². The van der Waals surface area contributed by atoms with Crippen molar-refractivity contribution in [3.05, 3.63) is 131 Å². The number of hydrogen-bond donors (Lipinski definition) is 4. The summed E-state index contributed by atoms with van der Waals surface area (Å²) in [6.45, 7) is 0.251. The molecule has 2 aliphatic rings. The highest BCUT2D eigenvalue weighted by molar-refractivity contribution is 5.99. The lowest BCUT2D eigenvalue weighted by Gasteiger charge is -2.24. The van der Waals surface area contributed by atoms with Gasteiger partial charge in [-0.15, -0.1) is 0 Å². The van der Waals surface area contributed by atoms with Crippen molar-refractivity contribution in [2.75, 3.05) is 23.7 Å². The fourth-order valence-electron chi connectivity index (χ4n) is 6.42. The Labute approximate surface area is 291 Å². The van der Waals surface area contributed by atoms with Crippen LogP contribution in [-0.4, -0.2) is 81.0 Å². The van der Waals surface area contributed by atoms with E-state index in [1.165, 1.54) is 9.80 Å². The lowest BCUT2D eigenvalue weighted by molar-refractivity contribution is -0.136. The van der Waals surface area contributed by atoms with Gasteiger partial charge in [-0.3, -0.25) is 19.2 Å². The van der Waals surface area contributed by atoms with Crippen molar-refractivity contribution in [2.24, 2.45) is 0 Å². The zero-order valence-electron chi connectivity index (χ0n) is 27.5. The summed E-state index contributed by atoms with van der Waals surface area (Å²) >= 11 is 0. The molecular formula is C40H40N4O6. The molecule has 4 atom stereocenters. The number of aliphatic hydroxyl groups is 2. The molecule has 6 rings (SSSR count). The molecule has 4 N–H and O–H groups in total. The molecule has 4 aromatic carbocycles. The van der Waals surface area contributed by atoms with Crippen molar-refractivity contribution in [1.29, 1.82) is 0 Å². The Morgan fingerprint density at radius 1 is 0.560 bits per heavy atom. The van der Waals surface area contributed by atoms with Gasteiger partial charge in [0.2, 0.25) is 23.6 Å². The molecule has 0 aliphatic carbocycles. The highest BCUT2D eigenvalue weighted by Crippen LogP contribution is 2.24. The van der Waals surface area contributed by atoms with Crippen LogP contribution in [0.5, 0.6) is 0 Å². The van der Waals surface area contributed by atoms with E-state index in [0.717, 1.165) is 22.3 Å². The number of likely N-dealkylation sites (tertiary alicyclic amines) is 2. The van der Waals surface area contributed by atoms with Crippen LogP contribution in [0, 0.1) is 0 Å². The van der Waals surface area contributed by atoms with E-state index in [2.05, 4.69) is 10.6 Å². The number of hydrogen-bond acceptors (Lipinski definition) is 6. The maximum absolute atomic E-state index is 13.1. The Bertz CT molecular complexity index is 1690. The van der Waals surface area contributed by atoms with Crippen LogP contribution >= 0.6 is 0 Å². The number of rotatable bonds is 10. The minimum atomic E-state index is -0.754. The largest absolute Gasteiger partial charge is 0.391 e. The second kappa shape index (κ2) is 15.8. The van der Waals surface area contributed by atoms with Gasteiger partial charge >= 0.3 is 0 Å². The molecule has 50 heavy (non-hydrogen) atoms. The minimum Gasteiger partial charge on any atom is -0.391 e. The van der Waals surface area contributed by atoms with Gasteiger partial charge < -0.3 is 30.6 Å². The first-order valence-electron chi connectivity index (χ1n) is 16.7. The molecule has 256 valence electrons. The van der Waals surface area contributed by atoms with Crippen LogP contribution in [-0.2, 0) is 32.0 Å². The number of carbonyl (C=O) groups excluding carboxylic acids is 4. The Kier molecular flexibility index (Phi) is 10.8. The predicted molar refractivity (Wildman–Crippen MR) is 192 cm³/mol. The standard InChI is InChI=1S/C40H40N4O6/c45-33-23-35(43(25-33)37(47)21-29-7-3-1-4-8-29)39(49)41-31-17-13-27(14-18-31)11-12-28-15-19-32(20-16-28)42-40(50)36-24-34(46)26-44(36)38(48)22-30-9-5-2-6-10-30/h1-20,33-36,45-46H,21-26H2,(H,41,49)(H,42,50)/t33-,34-,35+,36+/m1/s1. The van der Waals surface area contributed by atoms with Crippen molar-refractivity contribution in [2.45, 2.75) is 50.0 Å². The van der Waals surface area contributed by atoms with E-state index >= 15 is 0 Å². The predicted octanol–water partition coefficient (Wildman–Crippen LogP) is 4.14. The summed E-state index contributed by atoms with van der Waals surface area (Å²) in [6.07, 6.45) is 3.04. The number of anilines is 2. The molecular weight excluding hydrogens is 632 g/mol. The van der Waals surface area contributed by atoms with Crippen molar-refractivity contribution >= 4 is 47.2 Å². The van der Waals surface area contributed by atoms with Crippen molar-refractivity contribution in [1.82, 2.24) is 9.80 Å². The molecule has 2 heterocycles. The molecule has 0 unspecified atom stereocenters. The molecule has 4 aromatic rings. The average molecular weight is 673 g/mol. The highest BCUT2D eigenvalue weighted by Gasteiger charge is 2.40. The van der Waals surface area contributed by atoms with E-state index < -0.39 is 24.3 Å². The summed E-state index contributed by atoms with van der Waals surface area (Å²) in [4.78, 5) is 55.1. The first kappa shape index (κ1) is 34.3. The summed E-state index contributed by atoms with van der Waals surface area (Å²) in [5.74, 6) is -1.08. The summed E-state index contributed by atoms with van der Waals surface area (Å²) in [5.41, 5.74) is 4.67. The van der Waals surface area contributed by atoms with Gasteiger partial charge in [-0.1, -0.05) is 97.1 Å². The topological polar surface area (TPSA) is 139 Å². The van der Waals surface area contributed by atoms with Gasteiger partial charge in [0.1, 0.15) is 12.1 Å². The molecule has 2 aliphatic heterocycles. The monoisotopic (exact) mass is 672 g/mol. The highest BCUT2D eigenvalue weighted by atomic mass is 16.3. The Hall–Kier alpha value is -5.58. The van der Waals surface area contributed by atoms with E-state index in [4.69, 9.17) is 0 Å². The van der Waals surface area contributed by atoms with E-state index in [9.17, 15) is 29.4 Å². The van der Waals surface area contributed by atoms with E-state index in [1.54, 1.807) is 24.3 Å². The van der Waals surface area contributed by atoms with Gasteiger partial charge in [0.05, 0.1) is 25.0 Å². The summed E-state index contributed by atoms with van der Waals surface area (Å²) < 4.78 is 0. The average Bonchev–Trinajstić information content (AvgIpc) is 3.72. The molecule has 0 bridgehead atoms. The van der Waals surface area contributed by atoms with Gasteiger partial charge in [-0.25, -0.2) is 0 Å². The first-order chi connectivity index (χ1) is 24.2. The Morgan fingerprint density at radius 2 is 0.920 bits per heavy atom. The second-order valence-corrected chi connectivity index (χ2v) is 12.8. The third-order valence-electron chi connectivity index (χ3n) is 9.03. The van der Waals surface area contributed by atoms with Crippen LogP contribution in [0.15, 0.2) is 109 Å². The molecule has 2 saturated heterocycles. The number of nitrogens with one attached hydrogen (secondary N) is 2. The lowest BCUT2D eigenvalue weighted by atomic mass is 10.1. The zero-order chi connectivity index (χ0) is 35.0. The smallest absolute Gasteiger partial charge is 0.247 e. The van der Waals surface area contributed by atoms with Gasteiger partial charge in [0, 0.05) is 37.3 Å². The molecule has 0 saturated carbocycles. The minimum absolute atomic E-state index is 0.125. The number of nitrogens with zero attached hydrogens (tertiary/aromatic N) is 2. The molecule has 10 heteroatoms. The van der Waals surface area contributed by atoms with Crippen LogP contribution in [0.25, 0.3) is 12.2 Å². The van der Waals surface area contributed by atoms with Crippen LogP contribution in [0.2, 0.25) is 0 Å². The first-order valence-corrected chi connectivity index (χ1v) is 16.7. The third-order valence-corrected chi connectivity index (χ3v) is 9.03. The number of benzene rings is 4. The quantitative estimate of drug-likeness (QED) is 0.187. The van der Waals surface area contributed by atoms with E-state index in [1.807, 2.05) is 97.1 Å².